The average molecular weight is 329 g/mol. The second-order valence-corrected chi connectivity index (χ2v) is 8.52. The molecule has 1 atom stereocenters. The van der Waals surface area contributed by atoms with E-state index in [0.717, 1.165) is 7.11 Å². The van der Waals surface area contributed by atoms with E-state index in [1.807, 2.05) is 0 Å². The van der Waals surface area contributed by atoms with Crippen LogP contribution in [0.2, 0.25) is 0 Å². The van der Waals surface area contributed by atoms with Crippen LogP contribution >= 0.6 is 0 Å². The molecule has 0 N–H and O–H groups in total. The normalized spacial score (nSPS) is 12.7. The molecule has 0 saturated heterocycles. The van der Waals surface area contributed by atoms with Gasteiger partial charge >= 0.3 is 0 Å². The summed E-state index contributed by atoms with van der Waals surface area (Å²) in [5.74, 6) is 2.86. The smallest absolute Gasteiger partial charge is 0.217 e. The molecule has 0 aliphatic heterocycles. The zero-order valence-electron chi connectivity index (χ0n) is 13.5. The van der Waals surface area contributed by atoms with Gasteiger partial charge in [0.05, 0.1) is 13.4 Å². The van der Waals surface area contributed by atoms with Gasteiger partial charge in [0.15, 0.2) is 0 Å². The summed E-state index contributed by atoms with van der Waals surface area (Å²) in [5.41, 5.74) is 0. The molecule has 4 nitrogen and oxygen atoms in total. The SMILES string of the molecule is CCCCCCCCCC[S+](C)CC.COS(=O)(=O)[O-]. The summed E-state index contributed by atoms with van der Waals surface area (Å²) in [7, 11) is -2.89. The standard InChI is InChI=1S/C13H29S.CH4O4S/c1-4-6-7-8-9-10-11-12-13-14(3)5-2;1-5-6(2,3)4/h4-13H2,1-3H3;1H3,(H,2,3,4)/q+1;/p-1. The van der Waals surface area contributed by atoms with Crippen LogP contribution in [0.3, 0.4) is 0 Å². The number of hydrogen-bond donors (Lipinski definition) is 0. The first-order valence-corrected chi connectivity index (χ1v) is 10.8. The maximum absolute atomic E-state index is 9.22. The molecule has 0 amide bonds. The van der Waals surface area contributed by atoms with Crippen molar-refractivity contribution in [2.24, 2.45) is 0 Å². The van der Waals surface area contributed by atoms with Gasteiger partial charge in [0, 0.05) is 0 Å². The predicted molar refractivity (Wildman–Crippen MR) is 88.0 cm³/mol. The highest BCUT2D eigenvalue weighted by atomic mass is 32.3. The van der Waals surface area contributed by atoms with Crippen molar-refractivity contribution in [3.8, 4) is 0 Å². The van der Waals surface area contributed by atoms with E-state index in [1.54, 1.807) is 0 Å². The Hall–Kier alpha value is 0.220. The molecular formula is C14H32O4S2. The van der Waals surface area contributed by atoms with E-state index in [-0.39, 0.29) is 0 Å². The van der Waals surface area contributed by atoms with Crippen LogP contribution < -0.4 is 0 Å². The van der Waals surface area contributed by atoms with E-state index in [1.165, 1.54) is 62.9 Å². The minimum absolute atomic E-state index is 0.713. The molecule has 0 saturated carbocycles. The summed E-state index contributed by atoms with van der Waals surface area (Å²) < 4.78 is 31.0. The Labute approximate surface area is 129 Å². The highest BCUT2D eigenvalue weighted by Crippen LogP contribution is 2.09. The van der Waals surface area contributed by atoms with Gasteiger partial charge in [0.2, 0.25) is 10.4 Å². The third-order valence-electron chi connectivity index (χ3n) is 3.04. The molecule has 124 valence electrons. The van der Waals surface area contributed by atoms with Crippen LogP contribution in [0.4, 0.5) is 0 Å². The first-order valence-electron chi connectivity index (χ1n) is 7.47. The summed E-state index contributed by atoms with van der Waals surface area (Å²) in [6.45, 7) is 4.60. The van der Waals surface area contributed by atoms with Gasteiger partial charge in [-0.05, 0) is 30.7 Å². The van der Waals surface area contributed by atoms with Crippen LogP contribution in [0.25, 0.3) is 0 Å². The second kappa shape index (κ2) is 15.6. The lowest BCUT2D eigenvalue weighted by atomic mass is 10.1. The maximum Gasteiger partial charge on any atom is 0.217 e. The molecule has 0 aromatic heterocycles. The minimum Gasteiger partial charge on any atom is -0.726 e. The summed E-state index contributed by atoms with van der Waals surface area (Å²) in [6, 6.07) is 0. The van der Waals surface area contributed by atoms with Crippen molar-refractivity contribution in [3.63, 3.8) is 0 Å². The highest BCUT2D eigenvalue weighted by molar-refractivity contribution is 7.96. The Morgan fingerprint density at radius 3 is 1.70 bits per heavy atom. The van der Waals surface area contributed by atoms with E-state index in [9.17, 15) is 13.0 Å². The van der Waals surface area contributed by atoms with E-state index in [4.69, 9.17) is 0 Å². The van der Waals surface area contributed by atoms with Gasteiger partial charge in [0.25, 0.3) is 0 Å². The fourth-order valence-corrected chi connectivity index (χ4v) is 2.61. The van der Waals surface area contributed by atoms with Crippen molar-refractivity contribution >= 4 is 21.3 Å². The van der Waals surface area contributed by atoms with E-state index >= 15 is 0 Å². The molecule has 0 aromatic carbocycles. The van der Waals surface area contributed by atoms with Crippen molar-refractivity contribution < 1.29 is 17.2 Å². The monoisotopic (exact) mass is 328 g/mol. The molecule has 0 rings (SSSR count). The van der Waals surface area contributed by atoms with Gasteiger partial charge < -0.3 is 4.55 Å². The Morgan fingerprint density at radius 2 is 1.35 bits per heavy atom. The molecule has 0 radical (unpaired) electrons. The minimum atomic E-state index is -4.41. The van der Waals surface area contributed by atoms with Crippen LogP contribution in [0.15, 0.2) is 0 Å². The van der Waals surface area contributed by atoms with Crippen molar-refractivity contribution in [1.82, 2.24) is 0 Å². The molecule has 0 heterocycles. The lowest BCUT2D eigenvalue weighted by Crippen LogP contribution is -2.06. The first-order chi connectivity index (χ1) is 9.37. The lowest BCUT2D eigenvalue weighted by molar-refractivity contribution is 0.314. The van der Waals surface area contributed by atoms with Crippen LogP contribution in [0.1, 0.15) is 65.2 Å². The summed E-state index contributed by atoms with van der Waals surface area (Å²) in [4.78, 5) is 0. The molecular weight excluding hydrogens is 296 g/mol. The Kier molecular flexibility index (Phi) is 17.6. The molecule has 0 aliphatic rings. The number of rotatable bonds is 11. The molecule has 0 aromatic rings. The molecule has 0 spiro atoms. The molecule has 1 unspecified atom stereocenters. The molecule has 20 heavy (non-hydrogen) atoms. The second-order valence-electron chi connectivity index (χ2n) is 4.82. The van der Waals surface area contributed by atoms with Crippen LogP contribution in [0.5, 0.6) is 0 Å². The van der Waals surface area contributed by atoms with Gasteiger partial charge in [-0.15, -0.1) is 0 Å². The topological polar surface area (TPSA) is 66.4 Å². The van der Waals surface area contributed by atoms with Gasteiger partial charge in [-0.25, -0.2) is 8.42 Å². The fourth-order valence-electron chi connectivity index (χ4n) is 1.63. The van der Waals surface area contributed by atoms with Gasteiger partial charge in [-0.2, -0.15) is 0 Å². The van der Waals surface area contributed by atoms with Gasteiger partial charge in [-0.3, -0.25) is 4.18 Å². The zero-order valence-corrected chi connectivity index (χ0v) is 15.2. The van der Waals surface area contributed by atoms with E-state index in [0.29, 0.717) is 10.9 Å². The first kappa shape index (κ1) is 22.5. The van der Waals surface area contributed by atoms with Crippen molar-refractivity contribution in [2.75, 3.05) is 24.9 Å². The molecule has 6 heteroatoms. The van der Waals surface area contributed by atoms with E-state index in [2.05, 4.69) is 24.3 Å². The van der Waals surface area contributed by atoms with Gasteiger partial charge in [0.1, 0.15) is 11.5 Å². The van der Waals surface area contributed by atoms with E-state index < -0.39 is 10.4 Å². The van der Waals surface area contributed by atoms with Crippen molar-refractivity contribution in [3.05, 3.63) is 0 Å². The van der Waals surface area contributed by atoms with Crippen molar-refractivity contribution in [2.45, 2.75) is 65.2 Å². The highest BCUT2D eigenvalue weighted by Gasteiger charge is 2.05. The van der Waals surface area contributed by atoms with Gasteiger partial charge in [-0.1, -0.05) is 45.4 Å². The predicted octanol–water partition coefficient (Wildman–Crippen LogP) is 3.49. The molecule has 0 aliphatic carbocycles. The average Bonchev–Trinajstić information content (AvgIpc) is 2.41. The van der Waals surface area contributed by atoms with Crippen LogP contribution in [-0.4, -0.2) is 37.8 Å². The number of hydrogen-bond acceptors (Lipinski definition) is 4. The summed E-state index contributed by atoms with van der Waals surface area (Å²) in [6.07, 6.45) is 14.0. The zero-order chi connectivity index (χ0) is 15.9. The van der Waals surface area contributed by atoms with Crippen LogP contribution in [0, 0.1) is 0 Å². The Balaban J connectivity index is 0. The van der Waals surface area contributed by atoms with Crippen LogP contribution in [-0.2, 0) is 25.5 Å². The fraction of sp³-hybridized carbons (Fsp3) is 1.00. The molecule has 0 fully saturated rings. The lowest BCUT2D eigenvalue weighted by Gasteiger charge is -2.01. The third-order valence-corrected chi connectivity index (χ3v) is 5.42. The largest absolute Gasteiger partial charge is 0.726 e. The summed E-state index contributed by atoms with van der Waals surface area (Å²) >= 11 is 0. The Morgan fingerprint density at radius 1 is 0.950 bits per heavy atom. The third kappa shape index (κ3) is 23.3. The maximum atomic E-state index is 9.22. The Bertz CT molecular complexity index is 279. The summed E-state index contributed by atoms with van der Waals surface area (Å²) in [5, 5.41) is 0. The number of unbranched alkanes of at least 4 members (excludes halogenated alkanes) is 7. The quantitative estimate of drug-likeness (QED) is 0.252. The van der Waals surface area contributed by atoms with Crippen molar-refractivity contribution in [1.29, 1.82) is 0 Å². The molecule has 0 bridgehead atoms.